The molecule has 0 radical (unpaired) electrons. The zero-order valence-electron chi connectivity index (χ0n) is 10.3. The molecule has 0 fully saturated rings. The van der Waals surface area contributed by atoms with Crippen LogP contribution in [0, 0.1) is 6.92 Å². The first-order valence-corrected chi connectivity index (χ1v) is 5.52. The number of esters is 1. The Morgan fingerprint density at radius 3 is 2.50 bits per heavy atom. The molecule has 0 atom stereocenters. The summed E-state index contributed by atoms with van der Waals surface area (Å²) < 4.78 is 4.65. The van der Waals surface area contributed by atoms with Crippen LogP contribution in [0.4, 0.5) is 5.82 Å². The lowest BCUT2D eigenvalue weighted by atomic mass is 10.0. The number of hydrogen-bond acceptors (Lipinski definition) is 4. The Labute approximate surface area is 105 Å². The van der Waals surface area contributed by atoms with Gasteiger partial charge in [0.1, 0.15) is 5.82 Å². The normalized spacial score (nSPS) is 10.1. The van der Waals surface area contributed by atoms with Crippen LogP contribution in [0.15, 0.2) is 36.5 Å². The first-order chi connectivity index (χ1) is 8.61. The summed E-state index contributed by atoms with van der Waals surface area (Å²) in [4.78, 5) is 15.4. The summed E-state index contributed by atoms with van der Waals surface area (Å²) in [5.41, 5.74) is 9.19. The Bertz CT molecular complexity index is 577. The highest BCUT2D eigenvalue weighted by Crippen LogP contribution is 2.24. The number of aryl methyl sites for hydroxylation is 1. The number of pyridine rings is 1. The molecule has 1 heterocycles. The zero-order valence-corrected chi connectivity index (χ0v) is 10.3. The number of rotatable bonds is 2. The average molecular weight is 242 g/mol. The van der Waals surface area contributed by atoms with Crippen molar-refractivity contribution in [3.05, 3.63) is 47.7 Å². The minimum atomic E-state index is -0.339. The van der Waals surface area contributed by atoms with Gasteiger partial charge in [-0.2, -0.15) is 0 Å². The molecule has 0 saturated carbocycles. The van der Waals surface area contributed by atoms with Crippen LogP contribution in [-0.2, 0) is 4.74 Å². The summed E-state index contributed by atoms with van der Waals surface area (Å²) in [6.07, 6.45) is 1.73. The van der Waals surface area contributed by atoms with E-state index in [0.29, 0.717) is 11.4 Å². The van der Waals surface area contributed by atoms with Gasteiger partial charge in [-0.05, 0) is 36.2 Å². The number of nitrogens with two attached hydrogens (primary N) is 1. The fourth-order valence-electron chi connectivity index (χ4n) is 1.78. The number of ether oxygens (including phenoxy) is 1. The van der Waals surface area contributed by atoms with Gasteiger partial charge in [0.05, 0.1) is 12.7 Å². The van der Waals surface area contributed by atoms with E-state index in [4.69, 9.17) is 5.73 Å². The lowest BCUT2D eigenvalue weighted by molar-refractivity contribution is 0.0601. The van der Waals surface area contributed by atoms with Crippen LogP contribution in [0.5, 0.6) is 0 Å². The van der Waals surface area contributed by atoms with Crippen LogP contribution >= 0.6 is 0 Å². The predicted octanol–water partition coefficient (Wildman–Crippen LogP) is 2.43. The van der Waals surface area contributed by atoms with Crippen molar-refractivity contribution in [2.45, 2.75) is 6.92 Å². The lowest BCUT2D eigenvalue weighted by Gasteiger charge is -2.07. The van der Waals surface area contributed by atoms with E-state index in [0.717, 1.165) is 16.7 Å². The summed E-state index contributed by atoms with van der Waals surface area (Å²) in [6, 6.07) is 9.02. The number of carbonyl (C=O) groups excluding carboxylic acids is 1. The highest BCUT2D eigenvalue weighted by Gasteiger charge is 2.07. The molecule has 2 rings (SSSR count). The number of nitrogen functional groups attached to an aromatic ring is 1. The van der Waals surface area contributed by atoms with Crippen molar-refractivity contribution < 1.29 is 9.53 Å². The van der Waals surface area contributed by atoms with Crippen molar-refractivity contribution in [2.24, 2.45) is 0 Å². The summed E-state index contributed by atoms with van der Waals surface area (Å²) in [5.74, 6) is 0.163. The Balaban J connectivity index is 2.37. The molecule has 2 N–H and O–H groups in total. The van der Waals surface area contributed by atoms with Gasteiger partial charge in [-0.15, -0.1) is 0 Å². The molecule has 0 bridgehead atoms. The number of benzene rings is 1. The predicted molar refractivity (Wildman–Crippen MR) is 70.2 cm³/mol. The van der Waals surface area contributed by atoms with Crippen molar-refractivity contribution in [2.75, 3.05) is 12.8 Å². The van der Waals surface area contributed by atoms with Crippen LogP contribution in [0.2, 0.25) is 0 Å². The van der Waals surface area contributed by atoms with Gasteiger partial charge in [-0.25, -0.2) is 9.78 Å². The molecule has 4 nitrogen and oxygen atoms in total. The molecule has 4 heteroatoms. The van der Waals surface area contributed by atoms with E-state index in [1.807, 2.05) is 25.1 Å². The number of methoxy groups -OCH3 is 1. The van der Waals surface area contributed by atoms with E-state index < -0.39 is 0 Å². The summed E-state index contributed by atoms with van der Waals surface area (Å²) in [5, 5.41) is 0. The van der Waals surface area contributed by atoms with Crippen molar-refractivity contribution in [3.8, 4) is 11.1 Å². The van der Waals surface area contributed by atoms with Crippen molar-refractivity contribution >= 4 is 11.8 Å². The minimum Gasteiger partial charge on any atom is -0.465 e. The van der Waals surface area contributed by atoms with E-state index in [-0.39, 0.29) is 5.97 Å². The molecule has 1 aromatic heterocycles. The van der Waals surface area contributed by atoms with Gasteiger partial charge in [-0.1, -0.05) is 12.1 Å². The first-order valence-electron chi connectivity index (χ1n) is 5.52. The molecular weight excluding hydrogens is 228 g/mol. The maximum atomic E-state index is 11.3. The molecule has 18 heavy (non-hydrogen) atoms. The molecule has 0 aliphatic rings. The summed E-state index contributed by atoms with van der Waals surface area (Å²) in [7, 11) is 1.37. The molecule has 0 amide bonds. The SMILES string of the molecule is COC(=O)c1ccc(-c2cnc(N)cc2C)cc1. The number of anilines is 1. The standard InChI is InChI=1S/C14H14N2O2/c1-9-7-13(15)16-8-12(9)10-3-5-11(6-4-10)14(17)18-2/h3-8H,1-2H3,(H2,15,16). The monoisotopic (exact) mass is 242 g/mol. The third-order valence-corrected chi connectivity index (χ3v) is 2.75. The van der Waals surface area contributed by atoms with Crippen molar-refractivity contribution in [1.29, 1.82) is 0 Å². The topological polar surface area (TPSA) is 65.2 Å². The van der Waals surface area contributed by atoms with Crippen molar-refractivity contribution in [1.82, 2.24) is 4.98 Å². The Morgan fingerprint density at radius 2 is 1.94 bits per heavy atom. The molecule has 0 aliphatic heterocycles. The van der Waals surface area contributed by atoms with E-state index in [9.17, 15) is 4.79 Å². The quantitative estimate of drug-likeness (QED) is 0.821. The number of aromatic nitrogens is 1. The fraction of sp³-hybridized carbons (Fsp3) is 0.143. The van der Waals surface area contributed by atoms with Crippen LogP contribution in [0.1, 0.15) is 15.9 Å². The molecule has 1 aromatic carbocycles. The maximum Gasteiger partial charge on any atom is 0.337 e. The summed E-state index contributed by atoms with van der Waals surface area (Å²) in [6.45, 7) is 1.97. The van der Waals surface area contributed by atoms with Gasteiger partial charge in [0.25, 0.3) is 0 Å². The molecule has 92 valence electrons. The highest BCUT2D eigenvalue weighted by molar-refractivity contribution is 5.90. The average Bonchev–Trinajstić information content (AvgIpc) is 2.38. The molecular formula is C14H14N2O2. The second kappa shape index (κ2) is 4.87. The van der Waals surface area contributed by atoms with Gasteiger partial charge in [0.15, 0.2) is 0 Å². The van der Waals surface area contributed by atoms with Gasteiger partial charge < -0.3 is 10.5 Å². The second-order valence-corrected chi connectivity index (χ2v) is 3.99. The van der Waals surface area contributed by atoms with E-state index in [1.165, 1.54) is 7.11 Å². The van der Waals surface area contributed by atoms with Crippen LogP contribution < -0.4 is 5.73 Å². The van der Waals surface area contributed by atoms with Gasteiger partial charge in [0.2, 0.25) is 0 Å². The van der Waals surface area contributed by atoms with E-state index in [2.05, 4.69) is 9.72 Å². The molecule has 0 spiro atoms. The second-order valence-electron chi connectivity index (χ2n) is 3.99. The minimum absolute atomic E-state index is 0.339. The third-order valence-electron chi connectivity index (χ3n) is 2.75. The van der Waals surface area contributed by atoms with Gasteiger partial charge in [-0.3, -0.25) is 0 Å². The molecule has 0 saturated heterocycles. The number of carbonyl (C=O) groups is 1. The fourth-order valence-corrected chi connectivity index (χ4v) is 1.78. The summed E-state index contributed by atoms with van der Waals surface area (Å²) >= 11 is 0. The largest absolute Gasteiger partial charge is 0.465 e. The Morgan fingerprint density at radius 1 is 1.28 bits per heavy atom. The highest BCUT2D eigenvalue weighted by atomic mass is 16.5. The van der Waals surface area contributed by atoms with Crippen LogP contribution in [-0.4, -0.2) is 18.1 Å². The van der Waals surface area contributed by atoms with Crippen LogP contribution in [0.3, 0.4) is 0 Å². The Kier molecular flexibility index (Phi) is 3.28. The molecule has 0 unspecified atom stereocenters. The van der Waals surface area contributed by atoms with Gasteiger partial charge >= 0.3 is 5.97 Å². The van der Waals surface area contributed by atoms with E-state index >= 15 is 0 Å². The molecule has 0 aliphatic carbocycles. The maximum absolute atomic E-state index is 11.3. The van der Waals surface area contributed by atoms with Crippen molar-refractivity contribution in [3.63, 3.8) is 0 Å². The van der Waals surface area contributed by atoms with Gasteiger partial charge in [0, 0.05) is 11.8 Å². The van der Waals surface area contributed by atoms with Crippen LogP contribution in [0.25, 0.3) is 11.1 Å². The third kappa shape index (κ3) is 2.32. The van der Waals surface area contributed by atoms with E-state index in [1.54, 1.807) is 18.3 Å². The first kappa shape index (κ1) is 12.1. The number of nitrogens with zero attached hydrogens (tertiary/aromatic N) is 1. The zero-order chi connectivity index (χ0) is 13.1. The Hall–Kier alpha value is -2.36. The smallest absolute Gasteiger partial charge is 0.337 e. The lowest BCUT2D eigenvalue weighted by Crippen LogP contribution is -2.00. The molecule has 2 aromatic rings. The number of hydrogen-bond donors (Lipinski definition) is 1.